The van der Waals surface area contributed by atoms with E-state index < -0.39 is 16.7 Å². The van der Waals surface area contributed by atoms with Crippen LogP contribution in [-0.2, 0) is 10.4 Å². The van der Waals surface area contributed by atoms with Crippen LogP contribution in [0.1, 0.15) is 110 Å². The molecule has 5 N–H and O–H groups in total. The molecule has 0 aliphatic carbocycles. The van der Waals surface area contributed by atoms with Gasteiger partial charge in [-0.15, -0.1) is 0 Å². The number of hydrogen-bond acceptors (Lipinski definition) is 5. The summed E-state index contributed by atoms with van der Waals surface area (Å²) >= 11 is 0. The Morgan fingerprint density at radius 2 is 0.929 bits per heavy atom. The van der Waals surface area contributed by atoms with E-state index in [0.717, 1.165) is 13.0 Å². The molecule has 0 fully saturated rings. The molecule has 0 aliphatic rings. The molecule has 0 aromatic heterocycles. The minimum atomic E-state index is -4.67. The van der Waals surface area contributed by atoms with Crippen LogP contribution >= 0.6 is 0 Å². The summed E-state index contributed by atoms with van der Waals surface area (Å²) in [5, 5.41) is 20.4. The fraction of sp³-hybridized carbons (Fsp3) is 1.00. The van der Waals surface area contributed by atoms with E-state index in [0.29, 0.717) is 6.54 Å². The van der Waals surface area contributed by atoms with Gasteiger partial charge >= 0.3 is 10.4 Å². The topological polar surface area (TPSA) is 127 Å². The van der Waals surface area contributed by atoms with Crippen molar-refractivity contribution in [3.05, 3.63) is 0 Å². The van der Waals surface area contributed by atoms with Crippen LogP contribution in [0.15, 0.2) is 0 Å². The maximum atomic E-state index is 8.74. The average Bonchev–Trinajstić information content (AvgIpc) is 2.59. The normalized spacial score (nSPS) is 11.5. The molecule has 28 heavy (non-hydrogen) atoms. The van der Waals surface area contributed by atoms with Crippen molar-refractivity contribution in [3.8, 4) is 0 Å². The molecule has 8 heteroatoms. The maximum Gasteiger partial charge on any atom is 0.394 e. The highest BCUT2D eigenvalue weighted by molar-refractivity contribution is 7.79. The molecule has 0 unspecified atom stereocenters. The smallest absolute Gasteiger partial charge is 0.367 e. The largest absolute Gasteiger partial charge is 0.394 e. The lowest BCUT2D eigenvalue weighted by Crippen LogP contribution is -2.26. The highest BCUT2D eigenvalue weighted by atomic mass is 32.3. The van der Waals surface area contributed by atoms with Crippen molar-refractivity contribution in [1.82, 2.24) is 5.32 Å². The summed E-state index contributed by atoms with van der Waals surface area (Å²) in [6.07, 6.45) is 21.0. The summed E-state index contributed by atoms with van der Waals surface area (Å²) in [6.45, 7) is 3.47. The molecular weight excluding hydrogens is 382 g/mol. The van der Waals surface area contributed by atoms with Gasteiger partial charge in [-0.25, -0.2) is 0 Å². The molecule has 0 spiro atoms. The van der Waals surface area contributed by atoms with Crippen molar-refractivity contribution >= 4 is 10.4 Å². The van der Waals surface area contributed by atoms with Crippen molar-refractivity contribution in [2.24, 2.45) is 0 Å². The molecule has 0 aromatic carbocycles. The van der Waals surface area contributed by atoms with Gasteiger partial charge < -0.3 is 15.5 Å². The van der Waals surface area contributed by atoms with Gasteiger partial charge in [0.1, 0.15) is 0 Å². The zero-order chi connectivity index (χ0) is 21.5. The van der Waals surface area contributed by atoms with Crippen LogP contribution in [0.5, 0.6) is 0 Å². The van der Waals surface area contributed by atoms with Gasteiger partial charge in [0.15, 0.2) is 6.29 Å². The van der Waals surface area contributed by atoms with Crippen LogP contribution in [0.2, 0.25) is 0 Å². The Balaban J connectivity index is 0. The van der Waals surface area contributed by atoms with Gasteiger partial charge in [0.05, 0.1) is 0 Å². The summed E-state index contributed by atoms with van der Waals surface area (Å²) in [4.78, 5) is 0. The minimum Gasteiger partial charge on any atom is -0.367 e. The van der Waals surface area contributed by atoms with E-state index in [9.17, 15) is 0 Å². The van der Waals surface area contributed by atoms with E-state index in [1.807, 2.05) is 0 Å². The first-order valence-corrected chi connectivity index (χ1v) is 12.4. The number of aliphatic hydroxyl groups excluding tert-OH is 1. The molecular formula is C20H45NO6S. The fourth-order valence-corrected chi connectivity index (χ4v) is 3.03. The lowest BCUT2D eigenvalue weighted by molar-refractivity contribution is -0.0370. The predicted octanol–water partition coefficient (Wildman–Crippen LogP) is 4.50. The Bertz CT molecular complexity index is 382. The monoisotopic (exact) mass is 427 g/mol. The van der Waals surface area contributed by atoms with Crippen molar-refractivity contribution in [2.75, 3.05) is 13.1 Å². The Morgan fingerprint density at radius 1 is 0.643 bits per heavy atom. The highest BCUT2D eigenvalue weighted by Gasteiger charge is 1.96. The minimum absolute atomic E-state index is 0.290. The third-order valence-corrected chi connectivity index (χ3v) is 4.53. The average molecular weight is 428 g/mol. The van der Waals surface area contributed by atoms with E-state index in [2.05, 4.69) is 12.2 Å². The third-order valence-electron chi connectivity index (χ3n) is 4.53. The number of unbranched alkanes of at least 4 members (excludes halogenated alkanes) is 15. The summed E-state index contributed by atoms with van der Waals surface area (Å²) in [5.74, 6) is 0. The summed E-state index contributed by atoms with van der Waals surface area (Å²) in [5.41, 5.74) is 0. The highest BCUT2D eigenvalue weighted by Crippen LogP contribution is 2.13. The van der Waals surface area contributed by atoms with Gasteiger partial charge in [-0.1, -0.05) is 103 Å². The van der Waals surface area contributed by atoms with Crippen molar-refractivity contribution in [2.45, 2.75) is 116 Å². The first-order valence-electron chi connectivity index (χ1n) is 11.0. The SMILES string of the molecule is CCCCCCCCCCCCCCCCCCNCC(O)O.O=S(=O)(O)O. The van der Waals surface area contributed by atoms with E-state index in [1.165, 1.54) is 96.3 Å². The van der Waals surface area contributed by atoms with Gasteiger partial charge in [-0.2, -0.15) is 8.42 Å². The lowest BCUT2D eigenvalue weighted by Gasteiger charge is -2.06. The molecule has 0 aromatic rings. The maximum absolute atomic E-state index is 8.74. The summed E-state index contributed by atoms with van der Waals surface area (Å²) in [7, 11) is -4.67. The molecule has 0 heterocycles. The number of rotatable bonds is 19. The van der Waals surface area contributed by atoms with E-state index >= 15 is 0 Å². The summed E-state index contributed by atoms with van der Waals surface area (Å²) in [6, 6.07) is 0. The van der Waals surface area contributed by atoms with Crippen LogP contribution < -0.4 is 5.32 Å². The van der Waals surface area contributed by atoms with Crippen LogP contribution in [0.25, 0.3) is 0 Å². The number of nitrogens with one attached hydrogen (secondary N) is 1. The molecule has 0 saturated carbocycles. The molecule has 0 saturated heterocycles. The Morgan fingerprint density at radius 3 is 1.21 bits per heavy atom. The fourth-order valence-electron chi connectivity index (χ4n) is 3.03. The quantitative estimate of drug-likeness (QED) is 0.117. The van der Waals surface area contributed by atoms with Crippen molar-refractivity contribution < 1.29 is 27.7 Å². The molecule has 0 radical (unpaired) electrons. The Labute approximate surface area is 172 Å². The van der Waals surface area contributed by atoms with Crippen LogP contribution in [-0.4, -0.2) is 47.1 Å². The van der Waals surface area contributed by atoms with Gasteiger partial charge in [-0.05, 0) is 13.0 Å². The number of hydrogen-bond donors (Lipinski definition) is 5. The molecule has 0 atom stereocenters. The molecule has 172 valence electrons. The van der Waals surface area contributed by atoms with Gasteiger partial charge in [-0.3, -0.25) is 9.11 Å². The summed E-state index contributed by atoms with van der Waals surface area (Å²) < 4.78 is 31.6. The van der Waals surface area contributed by atoms with Crippen molar-refractivity contribution in [1.29, 1.82) is 0 Å². The first kappa shape index (κ1) is 29.9. The zero-order valence-electron chi connectivity index (χ0n) is 17.8. The molecule has 0 amide bonds. The predicted molar refractivity (Wildman–Crippen MR) is 115 cm³/mol. The standard InChI is InChI=1S/C20H43NO2.H2O4S/c1-2-3-4-5-6-7-8-9-10-11-12-13-14-15-16-17-18-21-19-20(22)23;1-5(2,3)4/h20-23H,2-19H2,1H3;(H2,1,2,3,4). The van der Waals surface area contributed by atoms with Gasteiger partial charge in [0.25, 0.3) is 0 Å². The third kappa shape index (κ3) is 40.4. The second-order valence-electron chi connectivity index (χ2n) is 7.44. The molecule has 7 nitrogen and oxygen atoms in total. The van der Waals surface area contributed by atoms with E-state index in [4.69, 9.17) is 27.7 Å². The van der Waals surface area contributed by atoms with Gasteiger partial charge in [0, 0.05) is 6.54 Å². The molecule has 0 rings (SSSR count). The first-order chi connectivity index (χ1) is 13.3. The molecule has 0 aliphatic heterocycles. The lowest BCUT2D eigenvalue weighted by atomic mass is 10.0. The van der Waals surface area contributed by atoms with Crippen LogP contribution in [0.4, 0.5) is 0 Å². The Kier molecular flexibility index (Phi) is 24.6. The second kappa shape index (κ2) is 23.0. The zero-order valence-corrected chi connectivity index (χ0v) is 18.6. The van der Waals surface area contributed by atoms with Crippen LogP contribution in [0, 0.1) is 0 Å². The van der Waals surface area contributed by atoms with Crippen molar-refractivity contribution in [3.63, 3.8) is 0 Å². The molecule has 0 bridgehead atoms. The van der Waals surface area contributed by atoms with Crippen LogP contribution in [0.3, 0.4) is 0 Å². The Hall–Kier alpha value is -0.250. The second-order valence-corrected chi connectivity index (χ2v) is 8.33. The number of aliphatic hydroxyl groups is 2. The van der Waals surface area contributed by atoms with E-state index in [-0.39, 0.29) is 0 Å². The van der Waals surface area contributed by atoms with E-state index in [1.54, 1.807) is 0 Å². The van der Waals surface area contributed by atoms with Gasteiger partial charge in [0.2, 0.25) is 0 Å².